The van der Waals surface area contributed by atoms with E-state index in [1.807, 2.05) is 6.92 Å². The normalized spacial score (nSPS) is 15.3. The van der Waals surface area contributed by atoms with Crippen molar-refractivity contribution in [3.8, 4) is 0 Å². The molecule has 0 aliphatic carbocycles. The van der Waals surface area contributed by atoms with Gasteiger partial charge in [-0.2, -0.15) is 0 Å². The van der Waals surface area contributed by atoms with E-state index in [4.69, 9.17) is 10.8 Å². The Morgan fingerprint density at radius 3 is 2.77 bits per heavy atom. The SMILES string of the molecule is Cc1nccn1C(C)C(N)C(=O)O. The lowest BCUT2D eigenvalue weighted by Crippen LogP contribution is -2.38. The molecule has 1 aromatic heterocycles. The molecule has 0 radical (unpaired) electrons. The van der Waals surface area contributed by atoms with E-state index in [9.17, 15) is 4.79 Å². The first-order chi connectivity index (χ1) is 6.04. The van der Waals surface area contributed by atoms with Gasteiger partial charge in [0, 0.05) is 12.4 Å². The maximum Gasteiger partial charge on any atom is 0.322 e. The number of carbonyl (C=O) groups is 1. The summed E-state index contributed by atoms with van der Waals surface area (Å²) >= 11 is 0. The topological polar surface area (TPSA) is 81.1 Å². The number of nitrogens with two attached hydrogens (primary N) is 1. The lowest BCUT2D eigenvalue weighted by Gasteiger charge is -2.18. The van der Waals surface area contributed by atoms with Crippen LogP contribution in [-0.4, -0.2) is 26.7 Å². The summed E-state index contributed by atoms with van der Waals surface area (Å²) in [7, 11) is 0. The van der Waals surface area contributed by atoms with Crippen LogP contribution >= 0.6 is 0 Å². The highest BCUT2D eigenvalue weighted by molar-refractivity contribution is 5.73. The van der Waals surface area contributed by atoms with E-state index in [0.29, 0.717) is 0 Å². The summed E-state index contributed by atoms with van der Waals surface area (Å²) in [6.07, 6.45) is 3.35. The van der Waals surface area contributed by atoms with E-state index in [2.05, 4.69) is 4.98 Å². The van der Waals surface area contributed by atoms with Crippen molar-refractivity contribution < 1.29 is 9.90 Å². The number of aromatic nitrogens is 2. The minimum Gasteiger partial charge on any atom is -0.480 e. The molecule has 0 amide bonds. The van der Waals surface area contributed by atoms with Gasteiger partial charge in [-0.1, -0.05) is 0 Å². The van der Waals surface area contributed by atoms with Crippen LogP contribution in [0.3, 0.4) is 0 Å². The van der Waals surface area contributed by atoms with Crippen LogP contribution in [-0.2, 0) is 4.79 Å². The molecule has 0 aromatic carbocycles. The molecule has 72 valence electrons. The Balaban J connectivity index is 2.85. The van der Waals surface area contributed by atoms with E-state index < -0.39 is 12.0 Å². The molecule has 1 aromatic rings. The third-order valence-electron chi connectivity index (χ3n) is 2.11. The smallest absolute Gasteiger partial charge is 0.322 e. The average Bonchev–Trinajstić information content (AvgIpc) is 2.48. The zero-order valence-corrected chi connectivity index (χ0v) is 7.64. The molecule has 1 rings (SSSR count). The third-order valence-corrected chi connectivity index (χ3v) is 2.11. The van der Waals surface area contributed by atoms with Gasteiger partial charge in [-0.15, -0.1) is 0 Å². The van der Waals surface area contributed by atoms with Crippen LogP contribution < -0.4 is 5.73 Å². The fourth-order valence-corrected chi connectivity index (χ4v) is 1.20. The van der Waals surface area contributed by atoms with Crippen molar-refractivity contribution in [1.29, 1.82) is 0 Å². The molecule has 13 heavy (non-hydrogen) atoms. The molecule has 2 atom stereocenters. The highest BCUT2D eigenvalue weighted by Gasteiger charge is 2.21. The van der Waals surface area contributed by atoms with Crippen LogP contribution in [0.4, 0.5) is 0 Å². The van der Waals surface area contributed by atoms with E-state index in [0.717, 1.165) is 5.82 Å². The number of imidazole rings is 1. The third kappa shape index (κ3) is 1.86. The number of rotatable bonds is 3. The number of aliphatic carboxylic acids is 1. The molecule has 2 unspecified atom stereocenters. The van der Waals surface area contributed by atoms with Gasteiger partial charge >= 0.3 is 5.97 Å². The molecule has 0 aliphatic rings. The lowest BCUT2D eigenvalue weighted by atomic mass is 10.1. The van der Waals surface area contributed by atoms with Crippen LogP contribution in [0.25, 0.3) is 0 Å². The number of aryl methyl sites for hydroxylation is 1. The first-order valence-corrected chi connectivity index (χ1v) is 4.02. The quantitative estimate of drug-likeness (QED) is 0.699. The van der Waals surface area contributed by atoms with Gasteiger partial charge in [-0.05, 0) is 13.8 Å². The fourth-order valence-electron chi connectivity index (χ4n) is 1.20. The highest BCUT2D eigenvalue weighted by atomic mass is 16.4. The van der Waals surface area contributed by atoms with Gasteiger partial charge in [0.05, 0.1) is 6.04 Å². The van der Waals surface area contributed by atoms with Crippen molar-refractivity contribution in [3.63, 3.8) is 0 Å². The van der Waals surface area contributed by atoms with Crippen LogP contribution in [0.2, 0.25) is 0 Å². The summed E-state index contributed by atoms with van der Waals surface area (Å²) in [6.45, 7) is 3.57. The van der Waals surface area contributed by atoms with Gasteiger partial charge in [0.25, 0.3) is 0 Å². The van der Waals surface area contributed by atoms with Gasteiger partial charge < -0.3 is 15.4 Å². The number of carboxylic acids is 1. The summed E-state index contributed by atoms with van der Waals surface area (Å²) in [5.41, 5.74) is 5.47. The van der Waals surface area contributed by atoms with Crippen molar-refractivity contribution in [2.75, 3.05) is 0 Å². The maximum atomic E-state index is 10.6. The predicted molar refractivity (Wildman–Crippen MR) is 47.3 cm³/mol. The Morgan fingerprint density at radius 2 is 2.38 bits per heavy atom. The summed E-state index contributed by atoms with van der Waals surface area (Å²) < 4.78 is 1.75. The molecule has 0 spiro atoms. The Morgan fingerprint density at radius 1 is 1.77 bits per heavy atom. The largest absolute Gasteiger partial charge is 0.480 e. The number of nitrogens with zero attached hydrogens (tertiary/aromatic N) is 2. The van der Waals surface area contributed by atoms with E-state index in [1.165, 1.54) is 0 Å². The summed E-state index contributed by atoms with van der Waals surface area (Å²) in [5.74, 6) is -0.232. The Kier molecular flexibility index (Phi) is 2.67. The Bertz CT molecular complexity index is 308. The molecule has 3 N–H and O–H groups in total. The second kappa shape index (κ2) is 3.57. The molecular formula is C8H13N3O2. The maximum absolute atomic E-state index is 10.6. The monoisotopic (exact) mass is 183 g/mol. The molecule has 0 bridgehead atoms. The zero-order chi connectivity index (χ0) is 10.0. The van der Waals surface area contributed by atoms with E-state index in [1.54, 1.807) is 23.9 Å². The lowest BCUT2D eigenvalue weighted by molar-refractivity contribution is -0.139. The van der Waals surface area contributed by atoms with Crippen LogP contribution in [0.15, 0.2) is 12.4 Å². The van der Waals surface area contributed by atoms with Gasteiger partial charge in [0.1, 0.15) is 11.9 Å². The molecule has 0 aliphatic heterocycles. The molecule has 5 nitrogen and oxygen atoms in total. The summed E-state index contributed by atoms with van der Waals surface area (Å²) in [6, 6.07) is -1.17. The summed E-state index contributed by atoms with van der Waals surface area (Å²) in [4.78, 5) is 14.6. The van der Waals surface area contributed by atoms with Gasteiger partial charge in [-0.25, -0.2) is 4.98 Å². The molecule has 0 saturated carbocycles. The highest BCUT2D eigenvalue weighted by Crippen LogP contribution is 2.11. The number of hydrogen-bond donors (Lipinski definition) is 2. The van der Waals surface area contributed by atoms with Gasteiger partial charge in [-0.3, -0.25) is 4.79 Å². The molecule has 0 saturated heterocycles. The first kappa shape index (κ1) is 9.73. The summed E-state index contributed by atoms with van der Waals surface area (Å²) in [5, 5.41) is 8.68. The Labute approximate surface area is 76.2 Å². The van der Waals surface area contributed by atoms with Crippen LogP contribution in [0.1, 0.15) is 18.8 Å². The minimum absolute atomic E-state index is 0.278. The van der Waals surface area contributed by atoms with Crippen molar-refractivity contribution in [2.45, 2.75) is 25.9 Å². The minimum atomic E-state index is -0.999. The van der Waals surface area contributed by atoms with Gasteiger partial charge in [0.15, 0.2) is 0 Å². The van der Waals surface area contributed by atoms with Crippen LogP contribution in [0.5, 0.6) is 0 Å². The van der Waals surface area contributed by atoms with Crippen molar-refractivity contribution in [3.05, 3.63) is 18.2 Å². The fraction of sp³-hybridized carbons (Fsp3) is 0.500. The average molecular weight is 183 g/mol. The van der Waals surface area contributed by atoms with E-state index >= 15 is 0 Å². The Hall–Kier alpha value is -1.36. The number of carboxylic acid groups (broad SMARTS) is 1. The van der Waals surface area contributed by atoms with Crippen molar-refractivity contribution in [1.82, 2.24) is 9.55 Å². The zero-order valence-electron chi connectivity index (χ0n) is 7.64. The molecular weight excluding hydrogens is 170 g/mol. The standard InChI is InChI=1S/C8H13N3O2/c1-5(7(9)8(12)13)11-4-3-10-6(11)2/h3-5,7H,9H2,1-2H3,(H,12,13). The molecule has 1 heterocycles. The first-order valence-electron chi connectivity index (χ1n) is 4.02. The van der Waals surface area contributed by atoms with Crippen molar-refractivity contribution in [2.24, 2.45) is 5.73 Å². The number of hydrogen-bond acceptors (Lipinski definition) is 3. The van der Waals surface area contributed by atoms with Gasteiger partial charge in [0.2, 0.25) is 0 Å². The second-order valence-electron chi connectivity index (χ2n) is 2.99. The predicted octanol–water partition coefficient (Wildman–Crippen LogP) is 0.164. The van der Waals surface area contributed by atoms with E-state index in [-0.39, 0.29) is 6.04 Å². The van der Waals surface area contributed by atoms with Crippen LogP contribution in [0, 0.1) is 6.92 Å². The van der Waals surface area contributed by atoms with Crippen molar-refractivity contribution >= 4 is 5.97 Å². The molecule has 5 heteroatoms. The second-order valence-corrected chi connectivity index (χ2v) is 2.99. The molecule has 0 fully saturated rings.